The second-order valence-electron chi connectivity index (χ2n) is 7.80. The number of benzene rings is 2. The number of halogens is 1. The first-order chi connectivity index (χ1) is 15.4. The molecule has 1 unspecified atom stereocenters. The Balaban J connectivity index is 1.60. The molecule has 0 radical (unpaired) electrons. The number of aryl methyl sites for hydroxylation is 1. The molecule has 7 nitrogen and oxygen atoms in total. The van der Waals surface area contributed by atoms with Gasteiger partial charge in [0.15, 0.2) is 11.0 Å². The molecule has 0 saturated carbocycles. The van der Waals surface area contributed by atoms with Crippen molar-refractivity contribution in [3.8, 4) is 17.1 Å². The summed E-state index contributed by atoms with van der Waals surface area (Å²) >= 11 is 7.39. The summed E-state index contributed by atoms with van der Waals surface area (Å²) < 4.78 is 1.97. The standard InChI is InChI=1S/C23H24ClN5O2S/c1-15-5-2-3-7-19(15)29-22(16-8-10-18(24)11-9-16)26-27-23(29)32-14-20(30)28-12-4-6-17(13-28)21(25)31/h2-3,5,7-11,17H,4,6,12-14H2,1H3,(H2,25,31). The molecule has 2 aromatic carbocycles. The van der Waals surface area contributed by atoms with Crippen molar-refractivity contribution in [3.63, 3.8) is 0 Å². The lowest BCUT2D eigenvalue weighted by atomic mass is 9.97. The fourth-order valence-electron chi connectivity index (χ4n) is 3.83. The molecule has 2 heterocycles. The van der Waals surface area contributed by atoms with Gasteiger partial charge in [-0.25, -0.2) is 0 Å². The van der Waals surface area contributed by atoms with Crippen LogP contribution >= 0.6 is 23.4 Å². The quantitative estimate of drug-likeness (QED) is 0.555. The second kappa shape index (κ2) is 9.75. The van der Waals surface area contributed by atoms with Gasteiger partial charge in [-0.05, 0) is 55.7 Å². The fraction of sp³-hybridized carbons (Fsp3) is 0.304. The highest BCUT2D eigenvalue weighted by molar-refractivity contribution is 7.99. The average Bonchev–Trinajstić information content (AvgIpc) is 3.22. The summed E-state index contributed by atoms with van der Waals surface area (Å²) in [6.07, 6.45) is 1.52. The summed E-state index contributed by atoms with van der Waals surface area (Å²) in [5.41, 5.74) is 8.34. The van der Waals surface area contributed by atoms with Crippen LogP contribution in [0.25, 0.3) is 17.1 Å². The van der Waals surface area contributed by atoms with Crippen LogP contribution in [0.5, 0.6) is 0 Å². The van der Waals surface area contributed by atoms with Crippen LogP contribution in [-0.2, 0) is 9.59 Å². The lowest BCUT2D eigenvalue weighted by molar-refractivity contribution is -0.132. The molecule has 0 spiro atoms. The minimum atomic E-state index is -0.345. The number of amides is 2. The summed E-state index contributed by atoms with van der Waals surface area (Å²) in [4.78, 5) is 26.1. The van der Waals surface area contributed by atoms with Crippen molar-refractivity contribution in [1.29, 1.82) is 0 Å². The van der Waals surface area contributed by atoms with Gasteiger partial charge in [-0.15, -0.1) is 10.2 Å². The lowest BCUT2D eigenvalue weighted by Crippen LogP contribution is -2.44. The first-order valence-corrected chi connectivity index (χ1v) is 11.8. The molecule has 32 heavy (non-hydrogen) atoms. The number of para-hydroxylation sites is 1. The zero-order valence-corrected chi connectivity index (χ0v) is 19.3. The van der Waals surface area contributed by atoms with E-state index >= 15 is 0 Å². The van der Waals surface area contributed by atoms with Crippen molar-refractivity contribution in [2.45, 2.75) is 24.9 Å². The van der Waals surface area contributed by atoms with E-state index in [0.717, 1.165) is 29.7 Å². The third-order valence-electron chi connectivity index (χ3n) is 5.59. The number of carbonyl (C=O) groups excluding carboxylic acids is 2. The van der Waals surface area contributed by atoms with Crippen LogP contribution in [0.2, 0.25) is 5.02 Å². The van der Waals surface area contributed by atoms with Gasteiger partial charge in [0.1, 0.15) is 0 Å². The summed E-state index contributed by atoms with van der Waals surface area (Å²) in [5, 5.41) is 10.1. The number of likely N-dealkylation sites (tertiary alicyclic amines) is 1. The molecule has 1 aromatic heterocycles. The maximum Gasteiger partial charge on any atom is 0.233 e. The number of hydrogen-bond donors (Lipinski definition) is 1. The van der Waals surface area contributed by atoms with E-state index in [-0.39, 0.29) is 23.5 Å². The summed E-state index contributed by atoms with van der Waals surface area (Å²) in [6, 6.07) is 15.4. The Kier molecular flexibility index (Phi) is 6.81. The van der Waals surface area contributed by atoms with Crippen molar-refractivity contribution >= 4 is 35.2 Å². The van der Waals surface area contributed by atoms with E-state index in [9.17, 15) is 9.59 Å². The molecule has 2 amide bonds. The molecule has 2 N–H and O–H groups in total. The van der Waals surface area contributed by atoms with Crippen LogP contribution in [0.15, 0.2) is 53.7 Å². The molecule has 0 aliphatic carbocycles. The van der Waals surface area contributed by atoms with E-state index in [0.29, 0.717) is 29.1 Å². The average molecular weight is 470 g/mol. The third kappa shape index (κ3) is 4.81. The number of aromatic nitrogens is 3. The van der Waals surface area contributed by atoms with Crippen LogP contribution in [0.4, 0.5) is 0 Å². The topological polar surface area (TPSA) is 94.1 Å². The van der Waals surface area contributed by atoms with Crippen LogP contribution < -0.4 is 5.73 Å². The SMILES string of the molecule is Cc1ccccc1-n1c(SCC(=O)N2CCCC(C(N)=O)C2)nnc1-c1ccc(Cl)cc1. The summed E-state index contributed by atoms with van der Waals surface area (Å²) in [7, 11) is 0. The number of nitrogens with two attached hydrogens (primary N) is 1. The van der Waals surface area contributed by atoms with Gasteiger partial charge in [-0.1, -0.05) is 41.6 Å². The zero-order valence-electron chi connectivity index (χ0n) is 17.7. The first kappa shape index (κ1) is 22.4. The predicted molar refractivity (Wildman–Crippen MR) is 126 cm³/mol. The Bertz CT molecular complexity index is 1130. The third-order valence-corrected chi connectivity index (χ3v) is 6.76. The van der Waals surface area contributed by atoms with E-state index in [1.807, 2.05) is 60.0 Å². The van der Waals surface area contributed by atoms with Crippen molar-refractivity contribution in [2.75, 3.05) is 18.8 Å². The van der Waals surface area contributed by atoms with Crippen LogP contribution in [0, 0.1) is 12.8 Å². The molecular formula is C23H24ClN5O2S. The molecule has 166 valence electrons. The number of nitrogens with zero attached hydrogens (tertiary/aromatic N) is 4. The van der Waals surface area contributed by atoms with Gasteiger partial charge in [0.2, 0.25) is 11.8 Å². The van der Waals surface area contributed by atoms with E-state index in [1.165, 1.54) is 11.8 Å². The minimum absolute atomic E-state index is 0.0340. The number of carbonyl (C=O) groups is 2. The van der Waals surface area contributed by atoms with E-state index in [1.54, 1.807) is 4.90 Å². The molecule has 0 bridgehead atoms. The largest absolute Gasteiger partial charge is 0.369 e. The van der Waals surface area contributed by atoms with Gasteiger partial charge < -0.3 is 10.6 Å². The fourth-order valence-corrected chi connectivity index (χ4v) is 4.81. The van der Waals surface area contributed by atoms with E-state index < -0.39 is 0 Å². The highest BCUT2D eigenvalue weighted by Crippen LogP contribution is 2.30. The molecule has 4 rings (SSSR count). The lowest BCUT2D eigenvalue weighted by Gasteiger charge is -2.31. The highest BCUT2D eigenvalue weighted by Gasteiger charge is 2.27. The molecule has 1 saturated heterocycles. The second-order valence-corrected chi connectivity index (χ2v) is 9.18. The molecule has 9 heteroatoms. The Labute approximate surface area is 196 Å². The number of piperidine rings is 1. The molecular weight excluding hydrogens is 446 g/mol. The Morgan fingerprint density at radius 1 is 1.16 bits per heavy atom. The van der Waals surface area contributed by atoms with E-state index in [4.69, 9.17) is 17.3 Å². The van der Waals surface area contributed by atoms with Crippen molar-refractivity contribution in [1.82, 2.24) is 19.7 Å². The summed E-state index contributed by atoms with van der Waals surface area (Å²) in [6.45, 7) is 3.05. The van der Waals surface area contributed by atoms with Crippen molar-refractivity contribution in [2.24, 2.45) is 11.7 Å². The van der Waals surface area contributed by atoms with Gasteiger partial charge >= 0.3 is 0 Å². The van der Waals surface area contributed by atoms with Gasteiger partial charge in [0.05, 0.1) is 17.4 Å². The molecule has 1 atom stereocenters. The molecule has 3 aromatic rings. The van der Waals surface area contributed by atoms with Gasteiger partial charge in [-0.3, -0.25) is 14.2 Å². The molecule has 1 aliphatic rings. The number of rotatable bonds is 6. The van der Waals surface area contributed by atoms with E-state index in [2.05, 4.69) is 10.2 Å². The first-order valence-electron chi connectivity index (χ1n) is 10.4. The summed E-state index contributed by atoms with van der Waals surface area (Å²) in [5.74, 6) is 0.230. The monoisotopic (exact) mass is 469 g/mol. The minimum Gasteiger partial charge on any atom is -0.369 e. The van der Waals surface area contributed by atoms with Crippen molar-refractivity contribution in [3.05, 3.63) is 59.1 Å². The Morgan fingerprint density at radius 2 is 1.91 bits per heavy atom. The van der Waals surface area contributed by atoms with Crippen molar-refractivity contribution < 1.29 is 9.59 Å². The van der Waals surface area contributed by atoms with Crippen LogP contribution in [0.3, 0.4) is 0 Å². The number of primary amides is 1. The zero-order chi connectivity index (χ0) is 22.7. The highest BCUT2D eigenvalue weighted by atomic mass is 35.5. The molecule has 1 fully saturated rings. The Morgan fingerprint density at radius 3 is 2.62 bits per heavy atom. The number of thioether (sulfide) groups is 1. The number of hydrogen-bond acceptors (Lipinski definition) is 5. The van der Waals surface area contributed by atoms with Crippen LogP contribution in [-0.4, -0.2) is 50.3 Å². The smallest absolute Gasteiger partial charge is 0.233 e. The van der Waals surface area contributed by atoms with Crippen LogP contribution in [0.1, 0.15) is 18.4 Å². The van der Waals surface area contributed by atoms with Gasteiger partial charge in [0.25, 0.3) is 0 Å². The maximum absolute atomic E-state index is 12.8. The molecule has 1 aliphatic heterocycles. The maximum atomic E-state index is 12.8. The van der Waals surface area contributed by atoms with Gasteiger partial charge in [-0.2, -0.15) is 0 Å². The Hall–Kier alpha value is -2.84. The van der Waals surface area contributed by atoms with Gasteiger partial charge in [0, 0.05) is 23.7 Å². The predicted octanol–water partition coefficient (Wildman–Crippen LogP) is 3.71. The normalized spacial score (nSPS) is 16.2.